The SMILES string of the molecule is NC1CCN(c2c(Br)cncc2[N+](=O)[O-])C1. The van der Waals surface area contributed by atoms with E-state index in [9.17, 15) is 10.1 Å². The molecule has 1 fully saturated rings. The van der Waals surface area contributed by atoms with Crippen LogP contribution in [-0.4, -0.2) is 29.0 Å². The zero-order valence-electron chi connectivity index (χ0n) is 8.47. The molecule has 1 atom stereocenters. The standard InChI is InChI=1S/C9H11BrN4O2/c10-7-3-12-4-8(14(15)16)9(7)13-2-1-6(11)5-13/h3-4,6H,1-2,5,11H2. The molecule has 1 aromatic rings. The number of hydrogen-bond donors (Lipinski definition) is 1. The number of hydrogen-bond acceptors (Lipinski definition) is 5. The summed E-state index contributed by atoms with van der Waals surface area (Å²) in [4.78, 5) is 16.2. The highest BCUT2D eigenvalue weighted by Crippen LogP contribution is 2.36. The van der Waals surface area contributed by atoms with Crippen LogP contribution in [0.15, 0.2) is 16.9 Å². The molecular weight excluding hydrogens is 276 g/mol. The van der Waals surface area contributed by atoms with Gasteiger partial charge in [-0.3, -0.25) is 15.1 Å². The van der Waals surface area contributed by atoms with E-state index in [1.807, 2.05) is 4.90 Å². The molecule has 7 heteroatoms. The van der Waals surface area contributed by atoms with Crippen molar-refractivity contribution in [3.63, 3.8) is 0 Å². The molecule has 0 aromatic carbocycles. The monoisotopic (exact) mass is 286 g/mol. The van der Waals surface area contributed by atoms with Crippen molar-refractivity contribution in [2.45, 2.75) is 12.5 Å². The predicted molar refractivity (Wildman–Crippen MR) is 63.4 cm³/mol. The van der Waals surface area contributed by atoms with E-state index in [1.54, 1.807) is 6.20 Å². The van der Waals surface area contributed by atoms with Gasteiger partial charge in [0.25, 0.3) is 0 Å². The average molecular weight is 287 g/mol. The van der Waals surface area contributed by atoms with E-state index in [2.05, 4.69) is 20.9 Å². The third-order valence-electron chi connectivity index (χ3n) is 2.59. The summed E-state index contributed by atoms with van der Waals surface area (Å²) in [6, 6.07) is 0.0830. The number of pyridine rings is 1. The summed E-state index contributed by atoms with van der Waals surface area (Å²) in [6.45, 7) is 1.38. The van der Waals surface area contributed by atoms with Crippen LogP contribution in [0.1, 0.15) is 6.42 Å². The maximum Gasteiger partial charge on any atom is 0.311 e. The molecular formula is C9H11BrN4O2. The first-order valence-electron chi connectivity index (χ1n) is 4.88. The van der Waals surface area contributed by atoms with E-state index in [0.29, 0.717) is 16.7 Å². The maximum atomic E-state index is 10.9. The second-order valence-corrected chi connectivity index (χ2v) is 4.60. The molecule has 1 aliphatic rings. The van der Waals surface area contributed by atoms with Crippen LogP contribution in [0.4, 0.5) is 11.4 Å². The summed E-state index contributed by atoms with van der Waals surface area (Å²) < 4.78 is 0.635. The summed E-state index contributed by atoms with van der Waals surface area (Å²) in [7, 11) is 0. The molecule has 0 aliphatic carbocycles. The summed E-state index contributed by atoms with van der Waals surface area (Å²) in [5, 5.41) is 10.9. The van der Waals surface area contributed by atoms with E-state index in [0.717, 1.165) is 13.0 Å². The first kappa shape index (κ1) is 11.3. The van der Waals surface area contributed by atoms with Crippen molar-refractivity contribution in [3.05, 3.63) is 27.0 Å². The van der Waals surface area contributed by atoms with Crippen LogP contribution in [0.2, 0.25) is 0 Å². The van der Waals surface area contributed by atoms with Crippen LogP contribution in [0.5, 0.6) is 0 Å². The molecule has 0 bridgehead atoms. The van der Waals surface area contributed by atoms with Crippen molar-refractivity contribution in [2.24, 2.45) is 5.73 Å². The molecule has 86 valence electrons. The third-order valence-corrected chi connectivity index (χ3v) is 3.17. The van der Waals surface area contributed by atoms with Gasteiger partial charge in [-0.2, -0.15) is 0 Å². The minimum absolute atomic E-state index is 0.0171. The van der Waals surface area contributed by atoms with Gasteiger partial charge in [-0.15, -0.1) is 0 Å². The van der Waals surface area contributed by atoms with Gasteiger partial charge in [-0.05, 0) is 22.4 Å². The number of aromatic nitrogens is 1. The molecule has 1 aliphatic heterocycles. The van der Waals surface area contributed by atoms with E-state index in [1.165, 1.54) is 6.20 Å². The predicted octanol–water partition coefficient (Wildman–Crippen LogP) is 1.29. The van der Waals surface area contributed by atoms with Gasteiger partial charge in [-0.25, -0.2) is 0 Å². The summed E-state index contributed by atoms with van der Waals surface area (Å²) >= 11 is 3.30. The lowest BCUT2D eigenvalue weighted by atomic mass is 10.3. The summed E-state index contributed by atoms with van der Waals surface area (Å²) in [5.74, 6) is 0. The fourth-order valence-electron chi connectivity index (χ4n) is 1.85. The minimum Gasteiger partial charge on any atom is -0.363 e. The fourth-order valence-corrected chi connectivity index (χ4v) is 2.43. The van der Waals surface area contributed by atoms with Gasteiger partial charge in [0.1, 0.15) is 11.9 Å². The lowest BCUT2D eigenvalue weighted by Gasteiger charge is -2.18. The molecule has 6 nitrogen and oxygen atoms in total. The Balaban J connectivity index is 2.42. The van der Waals surface area contributed by atoms with Crippen molar-refractivity contribution >= 4 is 27.3 Å². The van der Waals surface area contributed by atoms with Crippen molar-refractivity contribution in [2.75, 3.05) is 18.0 Å². The number of nitro groups is 1. The molecule has 2 N–H and O–H groups in total. The van der Waals surface area contributed by atoms with Crippen LogP contribution in [0.25, 0.3) is 0 Å². The fraction of sp³-hybridized carbons (Fsp3) is 0.444. The van der Waals surface area contributed by atoms with E-state index in [4.69, 9.17) is 5.73 Å². The van der Waals surface area contributed by atoms with Gasteiger partial charge in [0.05, 0.1) is 9.40 Å². The highest BCUT2D eigenvalue weighted by molar-refractivity contribution is 9.10. The number of nitrogens with zero attached hydrogens (tertiary/aromatic N) is 3. The Morgan fingerprint density at radius 2 is 2.38 bits per heavy atom. The second kappa shape index (κ2) is 4.34. The van der Waals surface area contributed by atoms with E-state index < -0.39 is 4.92 Å². The number of anilines is 1. The lowest BCUT2D eigenvalue weighted by Crippen LogP contribution is -2.27. The van der Waals surface area contributed by atoms with Gasteiger partial charge in [0.2, 0.25) is 0 Å². The Morgan fingerprint density at radius 1 is 1.62 bits per heavy atom. The highest BCUT2D eigenvalue weighted by Gasteiger charge is 2.28. The molecule has 0 saturated carbocycles. The van der Waals surface area contributed by atoms with Gasteiger partial charge in [0.15, 0.2) is 0 Å². The molecule has 16 heavy (non-hydrogen) atoms. The normalized spacial score (nSPS) is 20.1. The quantitative estimate of drug-likeness (QED) is 0.654. The van der Waals surface area contributed by atoms with Gasteiger partial charge < -0.3 is 10.6 Å². The van der Waals surface area contributed by atoms with Crippen LogP contribution in [0, 0.1) is 10.1 Å². The third kappa shape index (κ3) is 2.00. The molecule has 1 aromatic heterocycles. The molecule has 1 unspecified atom stereocenters. The van der Waals surface area contributed by atoms with Crippen LogP contribution in [0.3, 0.4) is 0 Å². The Morgan fingerprint density at radius 3 is 2.94 bits per heavy atom. The highest BCUT2D eigenvalue weighted by atomic mass is 79.9. The van der Waals surface area contributed by atoms with Crippen LogP contribution in [-0.2, 0) is 0 Å². The number of halogens is 1. The Bertz CT molecular complexity index is 426. The zero-order chi connectivity index (χ0) is 11.7. The van der Waals surface area contributed by atoms with Crippen molar-refractivity contribution < 1.29 is 4.92 Å². The Labute approximate surface area is 101 Å². The summed E-state index contributed by atoms with van der Waals surface area (Å²) in [5.41, 5.74) is 6.39. The Hall–Kier alpha value is -1.21. The Kier molecular flexibility index (Phi) is 3.06. The molecule has 2 rings (SSSR count). The molecule has 2 heterocycles. The molecule has 0 spiro atoms. The first-order chi connectivity index (χ1) is 7.59. The molecule has 1 saturated heterocycles. The largest absolute Gasteiger partial charge is 0.363 e. The number of nitrogens with two attached hydrogens (primary N) is 1. The number of rotatable bonds is 2. The van der Waals surface area contributed by atoms with Crippen molar-refractivity contribution in [1.29, 1.82) is 0 Å². The second-order valence-electron chi connectivity index (χ2n) is 3.74. The van der Waals surface area contributed by atoms with Gasteiger partial charge in [-0.1, -0.05) is 0 Å². The average Bonchev–Trinajstić information content (AvgIpc) is 2.64. The van der Waals surface area contributed by atoms with Gasteiger partial charge >= 0.3 is 5.69 Å². The summed E-state index contributed by atoms with van der Waals surface area (Å²) in [6.07, 6.45) is 3.68. The lowest BCUT2D eigenvalue weighted by molar-refractivity contribution is -0.384. The molecule has 0 radical (unpaired) electrons. The first-order valence-corrected chi connectivity index (χ1v) is 5.67. The van der Waals surface area contributed by atoms with Crippen molar-refractivity contribution in [3.8, 4) is 0 Å². The topological polar surface area (TPSA) is 85.3 Å². The smallest absolute Gasteiger partial charge is 0.311 e. The van der Waals surface area contributed by atoms with Crippen LogP contribution < -0.4 is 10.6 Å². The zero-order valence-corrected chi connectivity index (χ0v) is 10.1. The molecule has 0 amide bonds. The van der Waals surface area contributed by atoms with Gasteiger partial charge in [0, 0.05) is 25.3 Å². The maximum absolute atomic E-state index is 10.9. The minimum atomic E-state index is -0.420. The van der Waals surface area contributed by atoms with Crippen molar-refractivity contribution in [1.82, 2.24) is 4.98 Å². The van der Waals surface area contributed by atoms with Crippen LogP contribution >= 0.6 is 15.9 Å². The van der Waals surface area contributed by atoms with E-state index >= 15 is 0 Å². The van der Waals surface area contributed by atoms with E-state index in [-0.39, 0.29) is 11.7 Å².